The zero-order valence-electron chi connectivity index (χ0n) is 33.6. The third kappa shape index (κ3) is 5.45. The molecule has 8 aromatic carbocycles. The Labute approximate surface area is 348 Å². The van der Waals surface area contributed by atoms with Crippen LogP contribution in [0.2, 0.25) is 0 Å². The predicted molar refractivity (Wildman–Crippen MR) is 248 cm³/mol. The minimum absolute atomic E-state index is 0.136. The molecule has 0 atom stereocenters. The third-order valence-corrected chi connectivity index (χ3v) is 13.2. The van der Waals surface area contributed by atoms with Gasteiger partial charge in [-0.1, -0.05) is 190 Å². The number of anilines is 3. The van der Waals surface area contributed by atoms with E-state index < -0.39 is 5.41 Å². The lowest BCUT2D eigenvalue weighted by molar-refractivity contribution is 0.660. The Bertz CT molecular complexity index is 2900. The standard InChI is InChI=1S/C58H45N/c1-57(2)53-29-17-15-27-48(53)50-35-32-45(38-55(50)57)59(44-31-34-47(40-19-7-3-8-20-40)52(37-44)41-21-9-4-10-22-41)46-33-36-51-49-28-16-18-30-54(49)58(56(51)39-46,42-23-11-5-12-24-42)43-25-13-6-14-26-43/h3-17,19-29,31-39H,18,30H2,1-2H3. The molecule has 59 heavy (non-hydrogen) atoms. The highest BCUT2D eigenvalue weighted by molar-refractivity contribution is 5.94. The van der Waals surface area contributed by atoms with Gasteiger partial charge in [-0.3, -0.25) is 0 Å². The van der Waals surface area contributed by atoms with Gasteiger partial charge < -0.3 is 4.90 Å². The van der Waals surface area contributed by atoms with E-state index in [9.17, 15) is 0 Å². The van der Waals surface area contributed by atoms with Gasteiger partial charge in [0.1, 0.15) is 0 Å². The average Bonchev–Trinajstić information content (AvgIpc) is 3.73. The molecule has 8 aromatic rings. The van der Waals surface area contributed by atoms with Crippen molar-refractivity contribution in [1.29, 1.82) is 0 Å². The summed E-state index contributed by atoms with van der Waals surface area (Å²) in [5.74, 6) is 0. The number of hydrogen-bond donors (Lipinski definition) is 0. The lowest BCUT2D eigenvalue weighted by atomic mass is 9.65. The van der Waals surface area contributed by atoms with Gasteiger partial charge in [-0.05, 0) is 127 Å². The van der Waals surface area contributed by atoms with Crippen LogP contribution in [0.3, 0.4) is 0 Å². The quantitative estimate of drug-likeness (QED) is 0.157. The Morgan fingerprint density at radius 2 is 0.898 bits per heavy atom. The van der Waals surface area contributed by atoms with E-state index in [0.717, 1.165) is 29.9 Å². The van der Waals surface area contributed by atoms with E-state index in [-0.39, 0.29) is 5.41 Å². The fraction of sp³-hybridized carbons (Fsp3) is 0.103. The van der Waals surface area contributed by atoms with Crippen LogP contribution in [0.25, 0.3) is 39.0 Å². The third-order valence-electron chi connectivity index (χ3n) is 13.2. The Kier molecular flexibility index (Phi) is 8.27. The number of rotatable bonds is 7. The molecule has 0 heterocycles. The van der Waals surface area contributed by atoms with Gasteiger partial charge in [0.2, 0.25) is 0 Å². The van der Waals surface area contributed by atoms with Crippen LogP contribution in [0, 0.1) is 0 Å². The summed E-state index contributed by atoms with van der Waals surface area (Å²) >= 11 is 0. The molecule has 0 aliphatic heterocycles. The summed E-state index contributed by atoms with van der Waals surface area (Å²) in [5, 5.41) is 0. The molecule has 0 aromatic heterocycles. The molecule has 11 rings (SSSR count). The number of allylic oxidation sites excluding steroid dienone is 4. The minimum atomic E-state index is -0.423. The van der Waals surface area contributed by atoms with Crippen LogP contribution in [0.4, 0.5) is 17.1 Å². The zero-order chi connectivity index (χ0) is 39.6. The molecular weight excluding hydrogens is 711 g/mol. The van der Waals surface area contributed by atoms with E-state index in [1.165, 1.54) is 77.9 Å². The first-order valence-corrected chi connectivity index (χ1v) is 21.0. The average molecular weight is 756 g/mol. The van der Waals surface area contributed by atoms with Crippen molar-refractivity contribution in [2.75, 3.05) is 4.90 Å². The second kappa shape index (κ2) is 13.9. The Morgan fingerprint density at radius 1 is 0.407 bits per heavy atom. The maximum atomic E-state index is 2.52. The molecule has 0 saturated carbocycles. The van der Waals surface area contributed by atoms with Crippen molar-refractivity contribution >= 4 is 22.6 Å². The fourth-order valence-corrected chi connectivity index (χ4v) is 10.6. The Hall–Kier alpha value is -6.96. The monoisotopic (exact) mass is 755 g/mol. The molecule has 282 valence electrons. The summed E-state index contributed by atoms with van der Waals surface area (Å²) in [6.45, 7) is 4.75. The highest BCUT2D eigenvalue weighted by atomic mass is 15.1. The van der Waals surface area contributed by atoms with E-state index in [4.69, 9.17) is 0 Å². The van der Waals surface area contributed by atoms with E-state index in [0.29, 0.717) is 0 Å². The summed E-state index contributed by atoms with van der Waals surface area (Å²) in [6.07, 6.45) is 6.80. The van der Waals surface area contributed by atoms with Crippen LogP contribution in [0.5, 0.6) is 0 Å². The van der Waals surface area contributed by atoms with Gasteiger partial charge in [0.15, 0.2) is 0 Å². The van der Waals surface area contributed by atoms with Crippen molar-refractivity contribution in [1.82, 2.24) is 0 Å². The van der Waals surface area contributed by atoms with Crippen LogP contribution >= 0.6 is 0 Å². The first-order valence-electron chi connectivity index (χ1n) is 21.0. The number of fused-ring (bicyclic) bond motifs is 5. The summed E-state index contributed by atoms with van der Waals surface area (Å²) in [5.41, 5.74) is 21.2. The van der Waals surface area contributed by atoms with E-state index in [1.54, 1.807) is 0 Å². The lowest BCUT2D eigenvalue weighted by Crippen LogP contribution is -2.30. The summed E-state index contributed by atoms with van der Waals surface area (Å²) in [4.78, 5) is 2.51. The molecule has 3 aliphatic carbocycles. The number of nitrogens with zero attached hydrogens (tertiary/aromatic N) is 1. The normalized spacial score (nSPS) is 15.3. The maximum absolute atomic E-state index is 2.52. The van der Waals surface area contributed by atoms with Gasteiger partial charge in [-0.2, -0.15) is 0 Å². The Balaban J connectivity index is 1.18. The molecule has 0 saturated heterocycles. The van der Waals surface area contributed by atoms with Gasteiger partial charge >= 0.3 is 0 Å². The van der Waals surface area contributed by atoms with Gasteiger partial charge in [-0.25, -0.2) is 0 Å². The first-order chi connectivity index (χ1) is 29.0. The maximum Gasteiger partial charge on any atom is 0.0677 e. The smallest absolute Gasteiger partial charge is 0.0677 e. The van der Waals surface area contributed by atoms with Crippen LogP contribution < -0.4 is 4.90 Å². The highest BCUT2D eigenvalue weighted by Gasteiger charge is 2.47. The van der Waals surface area contributed by atoms with Gasteiger partial charge in [0.25, 0.3) is 0 Å². The van der Waals surface area contributed by atoms with Crippen molar-refractivity contribution in [3.63, 3.8) is 0 Å². The van der Waals surface area contributed by atoms with Crippen molar-refractivity contribution in [3.05, 3.63) is 251 Å². The number of hydrogen-bond acceptors (Lipinski definition) is 1. The summed E-state index contributed by atoms with van der Waals surface area (Å²) in [6, 6.07) is 74.5. The molecule has 0 amide bonds. The van der Waals surface area contributed by atoms with Crippen molar-refractivity contribution in [2.45, 2.75) is 37.5 Å². The molecule has 0 spiro atoms. The highest BCUT2D eigenvalue weighted by Crippen LogP contribution is 2.59. The van der Waals surface area contributed by atoms with E-state index in [2.05, 4.69) is 231 Å². The second-order valence-corrected chi connectivity index (χ2v) is 16.7. The molecule has 0 fully saturated rings. The summed E-state index contributed by atoms with van der Waals surface area (Å²) < 4.78 is 0. The number of benzene rings is 8. The first kappa shape index (κ1) is 35.2. The van der Waals surface area contributed by atoms with E-state index >= 15 is 0 Å². The molecule has 0 unspecified atom stereocenters. The molecule has 0 bridgehead atoms. The van der Waals surface area contributed by atoms with Crippen LogP contribution in [0.15, 0.2) is 218 Å². The van der Waals surface area contributed by atoms with Crippen LogP contribution in [-0.4, -0.2) is 0 Å². The van der Waals surface area contributed by atoms with Crippen molar-refractivity contribution in [3.8, 4) is 33.4 Å². The van der Waals surface area contributed by atoms with Crippen molar-refractivity contribution < 1.29 is 0 Å². The molecule has 1 heteroatoms. The van der Waals surface area contributed by atoms with Gasteiger partial charge in [0.05, 0.1) is 5.41 Å². The predicted octanol–water partition coefficient (Wildman–Crippen LogP) is 15.2. The molecule has 3 aliphatic rings. The second-order valence-electron chi connectivity index (χ2n) is 16.7. The van der Waals surface area contributed by atoms with Crippen molar-refractivity contribution in [2.24, 2.45) is 0 Å². The minimum Gasteiger partial charge on any atom is -0.310 e. The fourth-order valence-electron chi connectivity index (χ4n) is 10.6. The van der Waals surface area contributed by atoms with E-state index in [1.807, 2.05) is 0 Å². The van der Waals surface area contributed by atoms with Gasteiger partial charge in [-0.15, -0.1) is 0 Å². The Morgan fingerprint density at radius 3 is 1.54 bits per heavy atom. The van der Waals surface area contributed by atoms with Crippen LogP contribution in [0.1, 0.15) is 60.1 Å². The largest absolute Gasteiger partial charge is 0.310 e. The SMILES string of the molecule is CC1(C)c2ccccc2-c2ccc(N(c3ccc(-c4ccccc4)c(-c4ccccc4)c3)c3ccc4c(c3)C(c3ccccc3)(c3ccccc3)C3=C4C=CCC3)cc21. The lowest BCUT2D eigenvalue weighted by Gasteiger charge is -2.37. The van der Waals surface area contributed by atoms with Crippen LogP contribution in [-0.2, 0) is 10.8 Å². The zero-order valence-corrected chi connectivity index (χ0v) is 33.6. The summed E-state index contributed by atoms with van der Waals surface area (Å²) in [7, 11) is 0. The molecule has 0 radical (unpaired) electrons. The molecule has 1 nitrogen and oxygen atoms in total. The topological polar surface area (TPSA) is 3.24 Å². The molecule has 0 N–H and O–H groups in total. The molecular formula is C58H45N. The van der Waals surface area contributed by atoms with Gasteiger partial charge in [0, 0.05) is 22.5 Å².